The molecule has 1 aliphatic heterocycles. The zero-order chi connectivity index (χ0) is 18.1. The first-order chi connectivity index (χ1) is 12.7. The largest absolute Gasteiger partial charge is 0.497 e. The molecule has 2 N–H and O–H groups in total. The molecular weight excluding hydrogens is 332 g/mol. The topological polar surface area (TPSA) is 89.1 Å². The number of rotatable bonds is 4. The Bertz CT molecular complexity index is 958. The van der Waals surface area contributed by atoms with E-state index in [1.807, 2.05) is 24.3 Å². The maximum absolute atomic E-state index is 12.0. The van der Waals surface area contributed by atoms with E-state index in [0.29, 0.717) is 29.4 Å². The van der Waals surface area contributed by atoms with Crippen molar-refractivity contribution >= 4 is 5.91 Å². The lowest BCUT2D eigenvalue weighted by Gasteiger charge is -2.10. The third-order valence-corrected chi connectivity index (χ3v) is 4.35. The maximum Gasteiger partial charge on any atom is 0.253 e. The van der Waals surface area contributed by atoms with E-state index in [-0.39, 0.29) is 5.91 Å². The summed E-state index contributed by atoms with van der Waals surface area (Å²) in [5.74, 6) is 1.83. The number of H-pyrrole nitrogens is 1. The fourth-order valence-corrected chi connectivity index (χ4v) is 3.02. The van der Waals surface area contributed by atoms with E-state index in [1.165, 1.54) is 0 Å². The number of carbonyl (C=O) groups is 1. The summed E-state index contributed by atoms with van der Waals surface area (Å²) in [6, 6.07) is 9.16. The average Bonchev–Trinajstić information content (AvgIpc) is 3.13. The van der Waals surface area contributed by atoms with Crippen molar-refractivity contribution in [3.05, 3.63) is 47.8 Å². The highest BCUT2D eigenvalue weighted by atomic mass is 16.5. The molecule has 0 spiro atoms. The highest BCUT2D eigenvalue weighted by molar-refractivity contribution is 5.97. The molecule has 7 heteroatoms. The van der Waals surface area contributed by atoms with Crippen molar-refractivity contribution in [2.75, 3.05) is 20.8 Å². The smallest absolute Gasteiger partial charge is 0.253 e. The van der Waals surface area contributed by atoms with E-state index in [0.717, 1.165) is 29.1 Å². The fraction of sp³-hybridized carbons (Fsp3) is 0.211. The number of aromatic amines is 1. The summed E-state index contributed by atoms with van der Waals surface area (Å²) in [7, 11) is 3.20. The minimum absolute atomic E-state index is 0.0550. The van der Waals surface area contributed by atoms with Gasteiger partial charge in [-0.25, -0.2) is 9.97 Å². The van der Waals surface area contributed by atoms with Gasteiger partial charge in [-0.3, -0.25) is 4.79 Å². The summed E-state index contributed by atoms with van der Waals surface area (Å²) in [6.07, 6.45) is 2.48. The third kappa shape index (κ3) is 2.88. The molecule has 3 heterocycles. The molecule has 0 fully saturated rings. The van der Waals surface area contributed by atoms with Crippen LogP contribution in [-0.4, -0.2) is 41.6 Å². The molecule has 3 aromatic rings. The minimum atomic E-state index is -0.0550. The normalized spacial score (nSPS) is 13.1. The van der Waals surface area contributed by atoms with E-state index in [1.54, 1.807) is 26.5 Å². The number of nitrogens with zero attached hydrogens (tertiary/aromatic N) is 2. The van der Waals surface area contributed by atoms with Crippen LogP contribution in [0, 0.1) is 0 Å². The van der Waals surface area contributed by atoms with Gasteiger partial charge in [-0.1, -0.05) is 0 Å². The number of ether oxygens (including phenoxy) is 2. The Labute approximate surface area is 150 Å². The van der Waals surface area contributed by atoms with Crippen molar-refractivity contribution in [1.82, 2.24) is 20.3 Å². The van der Waals surface area contributed by atoms with Gasteiger partial charge in [0.1, 0.15) is 11.5 Å². The molecule has 7 nitrogen and oxygen atoms in total. The second-order valence-electron chi connectivity index (χ2n) is 5.95. The van der Waals surface area contributed by atoms with Crippen LogP contribution in [0.15, 0.2) is 36.5 Å². The fourth-order valence-electron chi connectivity index (χ4n) is 3.02. The number of methoxy groups -OCH3 is 2. The monoisotopic (exact) mass is 350 g/mol. The van der Waals surface area contributed by atoms with Crippen molar-refractivity contribution in [3.8, 4) is 34.3 Å². The van der Waals surface area contributed by atoms with Gasteiger partial charge in [-0.15, -0.1) is 0 Å². The summed E-state index contributed by atoms with van der Waals surface area (Å²) >= 11 is 0. The Morgan fingerprint density at radius 2 is 1.85 bits per heavy atom. The maximum atomic E-state index is 12.0. The quantitative estimate of drug-likeness (QED) is 0.754. The molecule has 1 aromatic carbocycles. The van der Waals surface area contributed by atoms with Gasteiger partial charge in [-0.05, 0) is 24.3 Å². The third-order valence-electron chi connectivity index (χ3n) is 4.35. The van der Waals surface area contributed by atoms with E-state index in [4.69, 9.17) is 9.47 Å². The second kappa shape index (κ2) is 6.51. The molecule has 4 rings (SSSR count). The zero-order valence-electron chi connectivity index (χ0n) is 14.5. The molecule has 0 atom stereocenters. The van der Waals surface area contributed by atoms with Crippen LogP contribution in [0.3, 0.4) is 0 Å². The molecule has 0 saturated heterocycles. The van der Waals surface area contributed by atoms with Crippen molar-refractivity contribution < 1.29 is 14.3 Å². The number of carbonyl (C=O) groups excluding carboxylic acids is 1. The van der Waals surface area contributed by atoms with Crippen LogP contribution in [0.25, 0.3) is 22.8 Å². The van der Waals surface area contributed by atoms with Crippen molar-refractivity contribution in [2.45, 2.75) is 6.42 Å². The minimum Gasteiger partial charge on any atom is -0.497 e. The average molecular weight is 350 g/mol. The standard InChI is InChI=1S/C19H18N4O3/c1-25-12-7-11(8-13(9-12)26-2)18-20-5-4-16(23-18)17-10-14-15(22-17)3-6-21-19(14)24/h4-5,7-10,22H,3,6H2,1-2H3,(H,21,24). The summed E-state index contributed by atoms with van der Waals surface area (Å²) in [6.45, 7) is 0.643. The summed E-state index contributed by atoms with van der Waals surface area (Å²) in [5, 5.41) is 2.85. The SMILES string of the molecule is COc1cc(OC)cc(-c2nccc(-c3cc4c([nH]3)CCNC4=O)n2)c1. The number of nitrogens with one attached hydrogen (secondary N) is 2. The van der Waals surface area contributed by atoms with Gasteiger partial charge in [0, 0.05) is 36.5 Å². The van der Waals surface area contributed by atoms with Gasteiger partial charge in [0.25, 0.3) is 5.91 Å². The lowest BCUT2D eigenvalue weighted by Crippen LogP contribution is -2.31. The molecule has 0 radical (unpaired) electrons. The van der Waals surface area contributed by atoms with Crippen LogP contribution in [0.4, 0.5) is 0 Å². The van der Waals surface area contributed by atoms with Crippen molar-refractivity contribution in [1.29, 1.82) is 0 Å². The molecule has 0 bridgehead atoms. The van der Waals surface area contributed by atoms with Crippen LogP contribution in [-0.2, 0) is 6.42 Å². The van der Waals surface area contributed by atoms with Crippen LogP contribution in [0.2, 0.25) is 0 Å². The molecule has 1 amide bonds. The predicted molar refractivity (Wildman–Crippen MR) is 96.4 cm³/mol. The van der Waals surface area contributed by atoms with Crippen LogP contribution in [0.5, 0.6) is 11.5 Å². The van der Waals surface area contributed by atoms with Crippen LogP contribution < -0.4 is 14.8 Å². The van der Waals surface area contributed by atoms with Gasteiger partial charge in [0.15, 0.2) is 5.82 Å². The Morgan fingerprint density at radius 3 is 2.54 bits per heavy atom. The summed E-state index contributed by atoms with van der Waals surface area (Å²) in [4.78, 5) is 24.3. The van der Waals surface area contributed by atoms with E-state index in [9.17, 15) is 4.79 Å². The molecule has 0 unspecified atom stereocenters. The van der Waals surface area contributed by atoms with Crippen molar-refractivity contribution in [3.63, 3.8) is 0 Å². The number of fused-ring (bicyclic) bond motifs is 1. The second-order valence-corrected chi connectivity index (χ2v) is 5.95. The van der Waals surface area contributed by atoms with E-state index < -0.39 is 0 Å². The number of amides is 1. The highest BCUT2D eigenvalue weighted by Gasteiger charge is 2.20. The summed E-state index contributed by atoms with van der Waals surface area (Å²) < 4.78 is 10.6. The molecule has 2 aromatic heterocycles. The van der Waals surface area contributed by atoms with Crippen LogP contribution >= 0.6 is 0 Å². The van der Waals surface area contributed by atoms with Crippen molar-refractivity contribution in [2.24, 2.45) is 0 Å². The Kier molecular flexibility index (Phi) is 4.04. The van der Waals surface area contributed by atoms with Gasteiger partial charge < -0.3 is 19.8 Å². The Morgan fingerprint density at radius 1 is 1.08 bits per heavy atom. The first-order valence-electron chi connectivity index (χ1n) is 8.25. The lowest BCUT2D eigenvalue weighted by molar-refractivity contribution is 0.0946. The number of aromatic nitrogens is 3. The molecule has 0 aliphatic carbocycles. The molecule has 132 valence electrons. The molecule has 26 heavy (non-hydrogen) atoms. The molecule has 0 saturated carbocycles. The van der Waals surface area contributed by atoms with Gasteiger partial charge in [0.05, 0.1) is 31.2 Å². The Balaban J connectivity index is 1.75. The predicted octanol–water partition coefficient (Wildman–Crippen LogP) is 2.44. The molecular formula is C19H18N4O3. The summed E-state index contributed by atoms with van der Waals surface area (Å²) in [5.41, 5.74) is 3.92. The first kappa shape index (κ1) is 16.1. The number of hydrogen-bond donors (Lipinski definition) is 2. The van der Waals surface area contributed by atoms with Crippen LogP contribution in [0.1, 0.15) is 16.1 Å². The number of benzene rings is 1. The van der Waals surface area contributed by atoms with Gasteiger partial charge in [0.2, 0.25) is 0 Å². The Hall–Kier alpha value is -3.35. The first-order valence-corrected chi connectivity index (χ1v) is 8.25. The lowest BCUT2D eigenvalue weighted by atomic mass is 10.1. The van der Waals surface area contributed by atoms with Gasteiger partial charge >= 0.3 is 0 Å². The van der Waals surface area contributed by atoms with Gasteiger partial charge in [-0.2, -0.15) is 0 Å². The molecule has 1 aliphatic rings. The zero-order valence-corrected chi connectivity index (χ0v) is 14.5. The van der Waals surface area contributed by atoms with E-state index in [2.05, 4.69) is 20.3 Å². The van der Waals surface area contributed by atoms with E-state index >= 15 is 0 Å². The highest BCUT2D eigenvalue weighted by Crippen LogP contribution is 2.29. The number of hydrogen-bond acceptors (Lipinski definition) is 5.